The van der Waals surface area contributed by atoms with Crippen LogP contribution in [-0.4, -0.2) is 4.98 Å². The number of hydrogen-bond donors (Lipinski definition) is 1. The molecule has 0 atom stereocenters. The maximum Gasteiger partial charge on any atom is 0.279 e. The Balaban J connectivity index is 3.38. The van der Waals surface area contributed by atoms with Crippen molar-refractivity contribution in [3.8, 4) is 0 Å². The number of hydrogen-bond acceptors (Lipinski definition) is 1. The fourth-order valence-electron chi connectivity index (χ4n) is 0.681. The molecule has 6 heteroatoms. The van der Waals surface area contributed by atoms with E-state index in [2.05, 4.69) is 0 Å². The molecule has 0 aliphatic heterocycles. The van der Waals surface area contributed by atoms with Gasteiger partial charge in [-0.1, -0.05) is 0 Å². The smallest absolute Gasteiger partial charge is 0.279 e. The second-order valence-electron chi connectivity index (χ2n) is 2.01. The summed E-state index contributed by atoms with van der Waals surface area (Å²) in [4.78, 5) is 12.6. The van der Waals surface area contributed by atoms with Crippen LogP contribution < -0.4 is 5.43 Å². The summed E-state index contributed by atoms with van der Waals surface area (Å²) in [5, 5.41) is 0. The molecule has 0 amide bonds. The third-order valence-corrected chi connectivity index (χ3v) is 2.30. The summed E-state index contributed by atoms with van der Waals surface area (Å²) in [5.41, 5.74) is -1.40. The minimum Gasteiger partial charge on any atom is -0.330 e. The fraction of sp³-hybridized carbons (Fsp3) is 0.167. The van der Waals surface area contributed by atoms with Crippen LogP contribution in [0.5, 0.6) is 0 Å². The lowest BCUT2D eigenvalue weighted by Crippen LogP contribution is -2.12. The maximum absolute atomic E-state index is 12.4. The highest BCUT2D eigenvalue weighted by molar-refractivity contribution is 14.1. The molecule has 0 aliphatic rings. The molecule has 1 rings (SSSR count). The number of rotatable bonds is 1. The van der Waals surface area contributed by atoms with E-state index in [4.69, 9.17) is 0 Å². The molecular weight excluding hydrogens is 286 g/mol. The Bertz CT molecular complexity index is 349. The Morgan fingerprint density at radius 1 is 1.50 bits per heavy atom. The van der Waals surface area contributed by atoms with Crippen LogP contribution in [0, 0.1) is 9.52 Å². The van der Waals surface area contributed by atoms with Gasteiger partial charge in [0.05, 0.1) is 3.57 Å². The van der Waals surface area contributed by atoms with Crippen LogP contribution >= 0.6 is 22.6 Å². The van der Waals surface area contributed by atoms with E-state index < -0.39 is 23.5 Å². The van der Waals surface area contributed by atoms with E-state index in [1.54, 1.807) is 4.98 Å². The number of pyridine rings is 1. The summed E-state index contributed by atoms with van der Waals surface area (Å²) in [6, 6.07) is 0.633. The SMILES string of the molecule is O=c1cc(F)[nH]c(C(F)F)c1I. The Labute approximate surface area is 78.9 Å². The largest absolute Gasteiger partial charge is 0.330 e. The van der Waals surface area contributed by atoms with E-state index in [0.717, 1.165) is 0 Å². The molecule has 0 bridgehead atoms. The summed E-state index contributed by atoms with van der Waals surface area (Å²) < 4.78 is 36.3. The van der Waals surface area contributed by atoms with Crippen molar-refractivity contribution in [2.45, 2.75) is 6.43 Å². The topological polar surface area (TPSA) is 32.9 Å². The molecule has 1 aromatic rings. The van der Waals surface area contributed by atoms with Gasteiger partial charge in [0.1, 0.15) is 5.69 Å². The molecular formula is C6H3F3INO. The quantitative estimate of drug-likeness (QED) is 0.623. The highest BCUT2D eigenvalue weighted by Gasteiger charge is 2.15. The van der Waals surface area contributed by atoms with Gasteiger partial charge < -0.3 is 4.98 Å². The maximum atomic E-state index is 12.4. The summed E-state index contributed by atoms with van der Waals surface area (Å²) in [6.45, 7) is 0. The van der Waals surface area contributed by atoms with Gasteiger partial charge >= 0.3 is 0 Å². The van der Waals surface area contributed by atoms with Crippen LogP contribution in [0.2, 0.25) is 0 Å². The minimum atomic E-state index is -2.86. The number of aromatic amines is 1. The Morgan fingerprint density at radius 3 is 2.58 bits per heavy atom. The lowest BCUT2D eigenvalue weighted by atomic mass is 10.3. The van der Waals surface area contributed by atoms with Gasteiger partial charge in [-0.05, 0) is 22.6 Å². The first-order valence-corrected chi connectivity index (χ1v) is 3.96. The van der Waals surface area contributed by atoms with Gasteiger partial charge in [0, 0.05) is 6.07 Å². The van der Waals surface area contributed by atoms with Gasteiger partial charge in [-0.2, -0.15) is 4.39 Å². The van der Waals surface area contributed by atoms with Crippen molar-refractivity contribution in [2.24, 2.45) is 0 Å². The third-order valence-electron chi connectivity index (χ3n) is 1.18. The molecule has 12 heavy (non-hydrogen) atoms. The molecule has 1 aromatic heterocycles. The van der Waals surface area contributed by atoms with Crippen LogP contribution in [-0.2, 0) is 0 Å². The first-order valence-electron chi connectivity index (χ1n) is 2.88. The molecule has 0 saturated heterocycles. The van der Waals surface area contributed by atoms with Crippen molar-refractivity contribution >= 4 is 22.6 Å². The number of H-pyrrole nitrogens is 1. The molecule has 1 heterocycles. The van der Waals surface area contributed by atoms with E-state index in [1.165, 1.54) is 22.6 Å². The van der Waals surface area contributed by atoms with Gasteiger partial charge in [0.2, 0.25) is 0 Å². The zero-order valence-electron chi connectivity index (χ0n) is 5.57. The Hall–Kier alpha value is -0.530. The molecule has 0 spiro atoms. The predicted molar refractivity (Wildman–Crippen MR) is 44.7 cm³/mol. The van der Waals surface area contributed by atoms with Crippen molar-refractivity contribution in [3.05, 3.63) is 31.5 Å². The van der Waals surface area contributed by atoms with Crippen LogP contribution in [0.1, 0.15) is 12.1 Å². The van der Waals surface area contributed by atoms with Gasteiger partial charge in [-0.25, -0.2) is 8.78 Å². The van der Waals surface area contributed by atoms with Crippen LogP contribution in [0.25, 0.3) is 0 Å². The van der Waals surface area contributed by atoms with Crippen molar-refractivity contribution < 1.29 is 13.2 Å². The van der Waals surface area contributed by atoms with Crippen LogP contribution in [0.15, 0.2) is 10.9 Å². The molecule has 0 aromatic carbocycles. The molecule has 0 fully saturated rings. The number of nitrogens with one attached hydrogen (secondary N) is 1. The summed E-state index contributed by atoms with van der Waals surface area (Å²) in [7, 11) is 0. The van der Waals surface area contributed by atoms with Crippen molar-refractivity contribution in [3.63, 3.8) is 0 Å². The second kappa shape index (κ2) is 3.46. The first kappa shape index (κ1) is 9.56. The third kappa shape index (κ3) is 1.79. The summed E-state index contributed by atoms with van der Waals surface area (Å²) >= 11 is 1.45. The lowest BCUT2D eigenvalue weighted by molar-refractivity contribution is 0.143. The van der Waals surface area contributed by atoms with Crippen LogP contribution in [0.3, 0.4) is 0 Å². The number of halogens is 4. The van der Waals surface area contributed by atoms with E-state index >= 15 is 0 Å². The first-order chi connectivity index (χ1) is 5.52. The van der Waals surface area contributed by atoms with Crippen molar-refractivity contribution in [1.29, 1.82) is 0 Å². The minimum absolute atomic E-state index is 0.177. The zero-order chi connectivity index (χ0) is 9.30. The average molecular weight is 289 g/mol. The Morgan fingerprint density at radius 2 is 2.08 bits per heavy atom. The normalized spacial score (nSPS) is 10.8. The van der Waals surface area contributed by atoms with Gasteiger partial charge in [0.25, 0.3) is 6.43 Å². The highest BCUT2D eigenvalue weighted by atomic mass is 127. The van der Waals surface area contributed by atoms with E-state index in [9.17, 15) is 18.0 Å². The predicted octanol–water partition coefficient (Wildman–Crippen LogP) is 2.06. The zero-order valence-corrected chi connectivity index (χ0v) is 7.73. The molecule has 0 radical (unpaired) electrons. The van der Waals surface area contributed by atoms with E-state index in [-0.39, 0.29) is 3.57 Å². The Kier molecular flexibility index (Phi) is 2.76. The van der Waals surface area contributed by atoms with Crippen molar-refractivity contribution in [2.75, 3.05) is 0 Å². The molecule has 0 aliphatic carbocycles. The van der Waals surface area contributed by atoms with E-state index in [1.807, 2.05) is 0 Å². The summed E-state index contributed by atoms with van der Waals surface area (Å²) in [6.07, 6.45) is -2.86. The number of alkyl halides is 2. The van der Waals surface area contributed by atoms with Gasteiger partial charge in [-0.3, -0.25) is 4.79 Å². The van der Waals surface area contributed by atoms with Crippen LogP contribution in [0.4, 0.5) is 13.2 Å². The van der Waals surface area contributed by atoms with Gasteiger partial charge in [0.15, 0.2) is 11.4 Å². The molecule has 66 valence electrons. The lowest BCUT2D eigenvalue weighted by Gasteiger charge is -2.01. The monoisotopic (exact) mass is 289 g/mol. The van der Waals surface area contributed by atoms with Gasteiger partial charge in [-0.15, -0.1) is 0 Å². The highest BCUT2D eigenvalue weighted by Crippen LogP contribution is 2.19. The average Bonchev–Trinajstić information content (AvgIpc) is 1.96. The number of aromatic nitrogens is 1. The molecule has 2 nitrogen and oxygen atoms in total. The standard InChI is InChI=1S/C6H3F3INO/c7-3-1-2(12)4(10)5(11-3)6(8)9/h1,6H,(H,11,12). The van der Waals surface area contributed by atoms with E-state index in [0.29, 0.717) is 6.07 Å². The van der Waals surface area contributed by atoms with Crippen molar-refractivity contribution in [1.82, 2.24) is 4.98 Å². The fourth-order valence-corrected chi connectivity index (χ4v) is 1.21. The molecule has 0 unspecified atom stereocenters. The molecule has 0 saturated carbocycles. The molecule has 1 N–H and O–H groups in total. The summed E-state index contributed by atoms with van der Waals surface area (Å²) in [5.74, 6) is -1.05. The second-order valence-corrected chi connectivity index (χ2v) is 3.09.